The molecule has 3 rings (SSSR count). The van der Waals surface area contributed by atoms with Gasteiger partial charge in [-0.3, -0.25) is 4.79 Å². The zero-order chi connectivity index (χ0) is 14.1. The number of nitrogens with one attached hydrogen (secondary N) is 1. The minimum absolute atomic E-state index is 0.125. The van der Waals surface area contributed by atoms with Crippen LogP contribution in [0.5, 0.6) is 0 Å². The van der Waals surface area contributed by atoms with E-state index in [-0.39, 0.29) is 12.1 Å². The topological polar surface area (TPSA) is 94.0 Å². The average molecular weight is 274 g/mol. The Morgan fingerprint density at radius 2 is 2.05 bits per heavy atom. The molecule has 2 aliphatic rings. The molecule has 5 N–H and O–H groups in total. The summed E-state index contributed by atoms with van der Waals surface area (Å²) in [5.41, 5.74) is 14.4. The van der Waals surface area contributed by atoms with Crippen LogP contribution in [0.4, 0.5) is 5.82 Å². The summed E-state index contributed by atoms with van der Waals surface area (Å²) < 4.78 is 0. The van der Waals surface area contributed by atoms with Crippen molar-refractivity contribution in [2.75, 3.05) is 5.32 Å². The van der Waals surface area contributed by atoms with Gasteiger partial charge in [0.25, 0.3) is 5.91 Å². The van der Waals surface area contributed by atoms with Crippen molar-refractivity contribution in [2.24, 2.45) is 11.5 Å². The van der Waals surface area contributed by atoms with Crippen molar-refractivity contribution in [1.29, 1.82) is 0 Å². The van der Waals surface area contributed by atoms with Crippen LogP contribution in [0.15, 0.2) is 6.07 Å². The van der Waals surface area contributed by atoms with E-state index < -0.39 is 5.91 Å². The number of anilines is 1. The summed E-state index contributed by atoms with van der Waals surface area (Å²) in [7, 11) is 0. The molecule has 0 bridgehead atoms. The van der Waals surface area contributed by atoms with Crippen LogP contribution in [0, 0.1) is 0 Å². The molecule has 20 heavy (non-hydrogen) atoms. The number of nitrogens with zero attached hydrogens (tertiary/aromatic N) is 1. The standard InChI is InChI=1S/C15H22N4O/c16-11-5-1-2-6-13(11)19-15-10(14(17)20)8-9-4-3-7-12(9)18-15/h8,11,13H,1-7,16H2,(H2,17,20)(H,18,19)/t11-,13-/m1/s1. The number of carbonyl (C=O) groups is 1. The SMILES string of the molecule is NC(=O)c1cc2c(nc1N[C@@H]1CCCC[C@H]1N)CCC2. The molecule has 2 aliphatic carbocycles. The predicted octanol–water partition coefficient (Wildman–Crippen LogP) is 1.35. The largest absolute Gasteiger partial charge is 0.365 e. The Balaban J connectivity index is 1.89. The first-order chi connectivity index (χ1) is 9.65. The smallest absolute Gasteiger partial charge is 0.252 e. The van der Waals surface area contributed by atoms with E-state index in [0.29, 0.717) is 11.4 Å². The Morgan fingerprint density at radius 1 is 1.25 bits per heavy atom. The molecule has 0 aliphatic heterocycles. The van der Waals surface area contributed by atoms with Crippen molar-refractivity contribution in [3.8, 4) is 0 Å². The highest BCUT2D eigenvalue weighted by Crippen LogP contribution is 2.27. The number of carbonyl (C=O) groups excluding carboxylic acids is 1. The van der Waals surface area contributed by atoms with Gasteiger partial charge in [0.05, 0.1) is 5.56 Å². The van der Waals surface area contributed by atoms with Gasteiger partial charge in [0.1, 0.15) is 5.82 Å². The number of aryl methyl sites for hydroxylation is 2. The van der Waals surface area contributed by atoms with Crippen LogP contribution in [0.1, 0.15) is 53.7 Å². The van der Waals surface area contributed by atoms with Gasteiger partial charge in [-0.2, -0.15) is 0 Å². The van der Waals surface area contributed by atoms with E-state index in [1.807, 2.05) is 6.07 Å². The van der Waals surface area contributed by atoms with Gasteiger partial charge in [-0.1, -0.05) is 12.8 Å². The number of aromatic nitrogens is 1. The summed E-state index contributed by atoms with van der Waals surface area (Å²) in [4.78, 5) is 16.3. The van der Waals surface area contributed by atoms with Crippen molar-refractivity contribution in [2.45, 2.75) is 57.0 Å². The Morgan fingerprint density at radius 3 is 2.80 bits per heavy atom. The number of hydrogen-bond donors (Lipinski definition) is 3. The third-order valence-electron chi connectivity index (χ3n) is 4.46. The molecule has 1 saturated carbocycles. The van der Waals surface area contributed by atoms with Crippen LogP contribution in [0.25, 0.3) is 0 Å². The number of pyridine rings is 1. The number of amides is 1. The quantitative estimate of drug-likeness (QED) is 0.775. The van der Waals surface area contributed by atoms with Crippen LogP contribution >= 0.6 is 0 Å². The molecular weight excluding hydrogens is 252 g/mol. The molecule has 1 heterocycles. The lowest BCUT2D eigenvalue weighted by atomic mass is 9.91. The van der Waals surface area contributed by atoms with Crippen molar-refractivity contribution in [3.63, 3.8) is 0 Å². The molecule has 1 aromatic rings. The zero-order valence-electron chi connectivity index (χ0n) is 11.7. The fourth-order valence-corrected chi connectivity index (χ4v) is 3.28. The van der Waals surface area contributed by atoms with Crippen molar-refractivity contribution < 1.29 is 4.79 Å². The van der Waals surface area contributed by atoms with Crippen LogP contribution in [-0.4, -0.2) is 23.0 Å². The summed E-state index contributed by atoms with van der Waals surface area (Å²) >= 11 is 0. The number of hydrogen-bond acceptors (Lipinski definition) is 4. The minimum Gasteiger partial charge on any atom is -0.365 e. The van der Waals surface area contributed by atoms with Crippen LogP contribution in [-0.2, 0) is 12.8 Å². The fraction of sp³-hybridized carbons (Fsp3) is 0.600. The molecule has 5 heteroatoms. The van der Waals surface area contributed by atoms with Gasteiger partial charge in [-0.25, -0.2) is 4.98 Å². The van der Waals surface area contributed by atoms with Gasteiger partial charge in [0.15, 0.2) is 0 Å². The van der Waals surface area contributed by atoms with E-state index in [1.165, 1.54) is 12.8 Å². The molecule has 5 nitrogen and oxygen atoms in total. The van der Waals surface area contributed by atoms with Gasteiger partial charge < -0.3 is 16.8 Å². The van der Waals surface area contributed by atoms with Gasteiger partial charge in [0.2, 0.25) is 0 Å². The van der Waals surface area contributed by atoms with Crippen molar-refractivity contribution in [1.82, 2.24) is 4.98 Å². The second-order valence-electron chi connectivity index (χ2n) is 5.91. The normalized spacial score (nSPS) is 25.2. The first-order valence-corrected chi connectivity index (χ1v) is 7.50. The number of primary amides is 1. The monoisotopic (exact) mass is 274 g/mol. The molecule has 0 radical (unpaired) electrons. The third-order valence-corrected chi connectivity index (χ3v) is 4.46. The number of nitrogens with two attached hydrogens (primary N) is 2. The summed E-state index contributed by atoms with van der Waals surface area (Å²) in [6.07, 6.45) is 7.48. The maximum Gasteiger partial charge on any atom is 0.252 e. The molecule has 1 fully saturated rings. The summed E-state index contributed by atoms with van der Waals surface area (Å²) in [5, 5.41) is 3.37. The summed E-state index contributed by atoms with van der Waals surface area (Å²) in [6.45, 7) is 0. The third kappa shape index (κ3) is 2.50. The second-order valence-corrected chi connectivity index (χ2v) is 5.91. The molecule has 1 aromatic heterocycles. The molecule has 0 saturated heterocycles. The predicted molar refractivity (Wildman–Crippen MR) is 78.6 cm³/mol. The van der Waals surface area contributed by atoms with E-state index in [4.69, 9.17) is 11.5 Å². The molecule has 0 spiro atoms. The van der Waals surface area contributed by atoms with E-state index in [9.17, 15) is 4.79 Å². The molecular formula is C15H22N4O. The van der Waals surface area contributed by atoms with Crippen LogP contribution in [0.3, 0.4) is 0 Å². The Kier molecular flexibility index (Phi) is 3.61. The number of rotatable bonds is 3. The van der Waals surface area contributed by atoms with E-state index in [2.05, 4.69) is 10.3 Å². The highest BCUT2D eigenvalue weighted by molar-refractivity contribution is 5.97. The highest BCUT2D eigenvalue weighted by atomic mass is 16.1. The van der Waals surface area contributed by atoms with E-state index >= 15 is 0 Å². The lowest BCUT2D eigenvalue weighted by Crippen LogP contribution is -2.43. The Hall–Kier alpha value is -1.62. The maximum atomic E-state index is 11.7. The van der Waals surface area contributed by atoms with E-state index in [1.54, 1.807) is 0 Å². The lowest BCUT2D eigenvalue weighted by Gasteiger charge is -2.30. The Labute approximate surface area is 119 Å². The summed E-state index contributed by atoms with van der Waals surface area (Å²) in [5.74, 6) is 0.208. The first-order valence-electron chi connectivity index (χ1n) is 7.50. The van der Waals surface area contributed by atoms with Crippen LogP contribution < -0.4 is 16.8 Å². The average Bonchev–Trinajstić information content (AvgIpc) is 2.87. The van der Waals surface area contributed by atoms with Gasteiger partial charge in [-0.15, -0.1) is 0 Å². The fourth-order valence-electron chi connectivity index (χ4n) is 3.28. The van der Waals surface area contributed by atoms with Gasteiger partial charge >= 0.3 is 0 Å². The van der Waals surface area contributed by atoms with Gasteiger partial charge in [0, 0.05) is 17.8 Å². The molecule has 0 aromatic carbocycles. The molecule has 1 amide bonds. The molecule has 108 valence electrons. The number of fused-ring (bicyclic) bond motifs is 1. The summed E-state index contributed by atoms with van der Waals surface area (Å²) in [6, 6.07) is 2.22. The Bertz CT molecular complexity index is 529. The van der Waals surface area contributed by atoms with Crippen LogP contribution in [0.2, 0.25) is 0 Å². The van der Waals surface area contributed by atoms with Crippen molar-refractivity contribution >= 4 is 11.7 Å². The first kappa shape index (κ1) is 13.4. The molecule has 2 atom stereocenters. The zero-order valence-corrected chi connectivity index (χ0v) is 11.7. The highest BCUT2D eigenvalue weighted by Gasteiger charge is 2.25. The minimum atomic E-state index is -0.418. The maximum absolute atomic E-state index is 11.7. The lowest BCUT2D eigenvalue weighted by molar-refractivity contribution is 0.100. The van der Waals surface area contributed by atoms with Gasteiger partial charge in [-0.05, 0) is 43.7 Å². The molecule has 0 unspecified atom stereocenters. The second kappa shape index (κ2) is 5.40. The van der Waals surface area contributed by atoms with E-state index in [0.717, 1.165) is 43.4 Å². The van der Waals surface area contributed by atoms with Crippen molar-refractivity contribution in [3.05, 3.63) is 22.9 Å².